The molecule has 0 saturated carbocycles. The molecule has 1 amide bonds. The minimum atomic E-state index is -0.456. The van der Waals surface area contributed by atoms with Crippen LogP contribution in [0, 0.1) is 0 Å². The molecule has 0 fully saturated rings. The van der Waals surface area contributed by atoms with Crippen LogP contribution in [0.1, 0.15) is 29.9 Å². The first kappa shape index (κ1) is 24.6. The first-order chi connectivity index (χ1) is 15.9. The Balaban J connectivity index is 1.63. The van der Waals surface area contributed by atoms with E-state index in [0.29, 0.717) is 27.7 Å². The first-order valence-corrected chi connectivity index (χ1v) is 12.1. The van der Waals surface area contributed by atoms with Gasteiger partial charge in [0.15, 0.2) is 11.5 Å². The maximum Gasteiger partial charge on any atom is 0.339 e. The second kappa shape index (κ2) is 11.7. The van der Waals surface area contributed by atoms with Crippen LogP contribution in [-0.2, 0) is 16.1 Å². The average molecular weight is 487 g/mol. The van der Waals surface area contributed by atoms with E-state index < -0.39 is 5.97 Å². The largest absolute Gasteiger partial charge is 0.493 e. The zero-order valence-corrected chi connectivity index (χ0v) is 20.5. The van der Waals surface area contributed by atoms with Gasteiger partial charge in [-0.1, -0.05) is 12.1 Å². The van der Waals surface area contributed by atoms with Gasteiger partial charge in [-0.2, -0.15) is 0 Å². The Kier molecular flexibility index (Phi) is 8.73. The van der Waals surface area contributed by atoms with Gasteiger partial charge in [0.25, 0.3) is 0 Å². The highest BCUT2D eigenvalue weighted by atomic mass is 32.2. The molecule has 0 unspecified atom stereocenters. The number of benzene rings is 2. The van der Waals surface area contributed by atoms with Crippen LogP contribution >= 0.6 is 23.1 Å². The summed E-state index contributed by atoms with van der Waals surface area (Å²) in [5.41, 5.74) is 1.96. The fourth-order valence-electron chi connectivity index (χ4n) is 2.96. The van der Waals surface area contributed by atoms with Crippen LogP contribution in [0.3, 0.4) is 0 Å². The van der Waals surface area contributed by atoms with Crippen molar-refractivity contribution in [2.45, 2.75) is 31.4 Å². The fourth-order valence-corrected chi connectivity index (χ4v) is 4.61. The molecule has 1 N–H and O–H groups in total. The third kappa shape index (κ3) is 6.72. The molecule has 0 atom stereocenters. The summed E-state index contributed by atoms with van der Waals surface area (Å²) < 4.78 is 16.1. The average Bonchev–Trinajstić information content (AvgIpc) is 3.29. The summed E-state index contributed by atoms with van der Waals surface area (Å²) in [5, 5.41) is 5.48. The van der Waals surface area contributed by atoms with Crippen molar-refractivity contribution < 1.29 is 23.8 Å². The number of ether oxygens (including phenoxy) is 3. The van der Waals surface area contributed by atoms with Gasteiger partial charge in [0, 0.05) is 21.9 Å². The molecule has 1 heterocycles. The third-order valence-electron chi connectivity index (χ3n) is 4.45. The Morgan fingerprint density at radius 1 is 1.09 bits per heavy atom. The lowest BCUT2D eigenvalue weighted by atomic mass is 10.2. The van der Waals surface area contributed by atoms with Crippen LogP contribution in [0.4, 0.5) is 0 Å². The number of carbonyl (C=O) groups is 2. The summed E-state index contributed by atoms with van der Waals surface area (Å²) in [6, 6.07) is 12.8. The molecule has 2 aromatic carbocycles. The highest BCUT2D eigenvalue weighted by Gasteiger charge is 2.16. The van der Waals surface area contributed by atoms with Gasteiger partial charge in [-0.25, -0.2) is 9.78 Å². The number of rotatable bonds is 10. The van der Waals surface area contributed by atoms with Crippen LogP contribution in [0.2, 0.25) is 0 Å². The van der Waals surface area contributed by atoms with Gasteiger partial charge in [0.05, 0.1) is 31.2 Å². The topological polar surface area (TPSA) is 86.8 Å². The summed E-state index contributed by atoms with van der Waals surface area (Å²) in [6.45, 7) is 3.86. The minimum Gasteiger partial charge on any atom is -0.493 e. The van der Waals surface area contributed by atoms with E-state index in [9.17, 15) is 9.59 Å². The number of hydrogen-bond acceptors (Lipinski definition) is 8. The van der Waals surface area contributed by atoms with Gasteiger partial charge < -0.3 is 19.5 Å². The molecule has 1 aromatic heterocycles. The molecule has 0 bridgehead atoms. The van der Waals surface area contributed by atoms with E-state index in [1.54, 1.807) is 26.4 Å². The third-order valence-corrected chi connectivity index (χ3v) is 6.46. The molecular weight excluding hydrogens is 460 g/mol. The molecule has 0 spiro atoms. The Morgan fingerprint density at radius 3 is 2.58 bits per heavy atom. The van der Waals surface area contributed by atoms with E-state index in [0.717, 1.165) is 10.6 Å². The van der Waals surface area contributed by atoms with E-state index in [1.165, 1.54) is 23.1 Å². The molecule has 0 radical (unpaired) electrons. The maximum atomic E-state index is 12.7. The van der Waals surface area contributed by atoms with Crippen molar-refractivity contribution in [2.24, 2.45) is 0 Å². The number of aromatic nitrogens is 1. The number of nitrogens with zero attached hydrogens (tertiary/aromatic N) is 1. The number of carbonyl (C=O) groups excluding carboxylic acids is 2. The molecular formula is C24H26N2O5S2. The summed E-state index contributed by atoms with van der Waals surface area (Å²) in [4.78, 5) is 29.9. The molecule has 7 nitrogen and oxygen atoms in total. The van der Waals surface area contributed by atoms with E-state index >= 15 is 0 Å². The SMILES string of the molecule is COc1ccc(-c2nc(COC(=O)c3ccccc3SCC(=O)NC(C)C)cs2)cc1OC. The van der Waals surface area contributed by atoms with Gasteiger partial charge >= 0.3 is 5.97 Å². The Labute approximate surface area is 201 Å². The number of methoxy groups -OCH3 is 2. The van der Waals surface area contributed by atoms with Gasteiger partial charge in [0.2, 0.25) is 5.91 Å². The predicted octanol–water partition coefficient (Wildman–Crippen LogP) is 4.80. The van der Waals surface area contributed by atoms with Crippen molar-refractivity contribution in [3.8, 4) is 22.1 Å². The monoisotopic (exact) mass is 486 g/mol. The van der Waals surface area contributed by atoms with Crippen molar-refractivity contribution in [3.05, 3.63) is 59.1 Å². The quantitative estimate of drug-likeness (QED) is 0.325. The smallest absolute Gasteiger partial charge is 0.339 e. The number of amides is 1. The van der Waals surface area contributed by atoms with Crippen LogP contribution < -0.4 is 14.8 Å². The van der Waals surface area contributed by atoms with Crippen molar-refractivity contribution in [3.63, 3.8) is 0 Å². The van der Waals surface area contributed by atoms with E-state index in [1.807, 2.05) is 49.6 Å². The minimum absolute atomic E-state index is 0.0511. The lowest BCUT2D eigenvalue weighted by molar-refractivity contribution is -0.119. The van der Waals surface area contributed by atoms with Crippen molar-refractivity contribution in [1.29, 1.82) is 0 Å². The van der Waals surface area contributed by atoms with Crippen LogP contribution in [0.5, 0.6) is 11.5 Å². The van der Waals surface area contributed by atoms with Gasteiger partial charge in [-0.15, -0.1) is 23.1 Å². The summed E-state index contributed by atoms with van der Waals surface area (Å²) in [6.07, 6.45) is 0. The maximum absolute atomic E-state index is 12.7. The molecule has 9 heteroatoms. The van der Waals surface area contributed by atoms with Crippen LogP contribution in [0.25, 0.3) is 10.6 Å². The van der Waals surface area contributed by atoms with Gasteiger partial charge in [0.1, 0.15) is 11.6 Å². The van der Waals surface area contributed by atoms with Crippen LogP contribution in [-0.4, -0.2) is 42.9 Å². The van der Waals surface area contributed by atoms with Crippen molar-refractivity contribution >= 4 is 35.0 Å². The Bertz CT molecular complexity index is 1110. The molecule has 0 aliphatic rings. The van der Waals surface area contributed by atoms with E-state index in [4.69, 9.17) is 14.2 Å². The number of esters is 1. The molecule has 0 saturated heterocycles. The lowest BCUT2D eigenvalue weighted by Gasteiger charge is -2.10. The molecule has 174 valence electrons. The zero-order valence-electron chi connectivity index (χ0n) is 18.9. The lowest BCUT2D eigenvalue weighted by Crippen LogP contribution is -2.31. The predicted molar refractivity (Wildman–Crippen MR) is 130 cm³/mol. The molecule has 3 rings (SSSR count). The van der Waals surface area contributed by atoms with E-state index in [-0.39, 0.29) is 24.3 Å². The highest BCUT2D eigenvalue weighted by molar-refractivity contribution is 8.00. The summed E-state index contributed by atoms with van der Waals surface area (Å²) in [7, 11) is 3.17. The number of thioether (sulfide) groups is 1. The molecule has 33 heavy (non-hydrogen) atoms. The second-order valence-electron chi connectivity index (χ2n) is 7.30. The highest BCUT2D eigenvalue weighted by Crippen LogP contribution is 2.33. The molecule has 0 aliphatic heterocycles. The van der Waals surface area contributed by atoms with Gasteiger partial charge in [-0.05, 0) is 44.2 Å². The standard InChI is InChI=1S/C24H26N2O5S2/c1-15(2)25-22(27)14-32-21-8-6-5-7-18(21)24(28)31-12-17-13-33-23(26-17)16-9-10-19(29-3)20(11-16)30-4/h5-11,13,15H,12,14H2,1-4H3,(H,25,27). The summed E-state index contributed by atoms with van der Waals surface area (Å²) >= 11 is 2.76. The molecule has 3 aromatic rings. The first-order valence-electron chi connectivity index (χ1n) is 10.3. The second-order valence-corrected chi connectivity index (χ2v) is 9.17. The Morgan fingerprint density at radius 2 is 1.85 bits per heavy atom. The number of hydrogen-bond donors (Lipinski definition) is 1. The number of thiazole rings is 1. The fraction of sp³-hybridized carbons (Fsp3) is 0.292. The summed E-state index contributed by atoms with van der Waals surface area (Å²) in [5.74, 6) is 0.953. The number of nitrogens with one attached hydrogen (secondary N) is 1. The Hall–Kier alpha value is -3.04. The van der Waals surface area contributed by atoms with Crippen molar-refractivity contribution in [1.82, 2.24) is 10.3 Å². The van der Waals surface area contributed by atoms with E-state index in [2.05, 4.69) is 10.3 Å². The zero-order chi connectivity index (χ0) is 23.8. The normalized spacial score (nSPS) is 10.7. The molecule has 0 aliphatic carbocycles. The van der Waals surface area contributed by atoms with Gasteiger partial charge in [-0.3, -0.25) is 4.79 Å². The van der Waals surface area contributed by atoms with Crippen LogP contribution in [0.15, 0.2) is 52.7 Å². The van der Waals surface area contributed by atoms with Crippen molar-refractivity contribution in [2.75, 3.05) is 20.0 Å².